The second-order valence-electron chi connectivity index (χ2n) is 4.20. The van der Waals surface area contributed by atoms with Crippen molar-refractivity contribution in [3.63, 3.8) is 0 Å². The molecule has 1 N–H and O–H groups in total. The molecule has 0 aliphatic carbocycles. The van der Waals surface area contributed by atoms with Gasteiger partial charge in [0.25, 0.3) is 5.91 Å². The number of nitrogens with zero attached hydrogens (tertiary/aromatic N) is 1. The summed E-state index contributed by atoms with van der Waals surface area (Å²) in [7, 11) is -1.32. The Labute approximate surface area is 108 Å². The van der Waals surface area contributed by atoms with Crippen molar-refractivity contribution in [2.24, 2.45) is 0 Å². The first-order chi connectivity index (χ1) is 7.89. The summed E-state index contributed by atoms with van der Waals surface area (Å²) in [6.07, 6.45) is 2.19. The number of aromatic amines is 1. The van der Waals surface area contributed by atoms with Crippen LogP contribution in [0.4, 0.5) is 0 Å². The van der Waals surface area contributed by atoms with Crippen LogP contribution in [0.5, 0.6) is 0 Å². The minimum absolute atomic E-state index is 0.0666. The van der Waals surface area contributed by atoms with Crippen LogP contribution in [0.25, 0.3) is 0 Å². The molecule has 2 heterocycles. The number of carbonyl (C=O) groups excluding carboxylic acids is 1. The monoisotopic (exact) mass is 320 g/mol. The van der Waals surface area contributed by atoms with Gasteiger partial charge in [0.05, 0.1) is 11.5 Å². The summed E-state index contributed by atoms with van der Waals surface area (Å²) in [4.78, 5) is 16.4. The molecule has 1 aromatic rings. The fourth-order valence-corrected chi connectivity index (χ4v) is 4.05. The molecular weight excluding hydrogens is 308 g/mol. The normalized spacial score (nSPS) is 22.6. The highest BCUT2D eigenvalue weighted by Crippen LogP contribution is 2.19. The van der Waals surface area contributed by atoms with Gasteiger partial charge in [0.15, 0.2) is 9.84 Å². The number of hydrogen-bond donors (Lipinski definition) is 1. The van der Waals surface area contributed by atoms with Crippen molar-refractivity contribution in [1.82, 2.24) is 9.88 Å². The average molecular weight is 321 g/mol. The lowest BCUT2D eigenvalue weighted by Gasteiger charge is -2.22. The van der Waals surface area contributed by atoms with Gasteiger partial charge in [-0.15, -0.1) is 0 Å². The van der Waals surface area contributed by atoms with Crippen LogP contribution in [0.3, 0.4) is 0 Å². The first kappa shape index (κ1) is 12.6. The molecule has 0 aromatic carbocycles. The minimum Gasteiger partial charge on any atom is -0.356 e. The van der Waals surface area contributed by atoms with E-state index in [0.29, 0.717) is 12.1 Å². The lowest BCUT2D eigenvalue weighted by atomic mass is 10.2. The molecule has 1 aliphatic heterocycles. The largest absolute Gasteiger partial charge is 0.356 e. The first-order valence-electron chi connectivity index (χ1n) is 5.20. The number of hydrogen-bond acceptors (Lipinski definition) is 3. The number of carbonyl (C=O) groups is 1. The van der Waals surface area contributed by atoms with Crippen molar-refractivity contribution in [1.29, 1.82) is 0 Å². The second-order valence-corrected chi connectivity index (χ2v) is 7.35. The number of aromatic nitrogens is 1. The van der Waals surface area contributed by atoms with E-state index >= 15 is 0 Å². The lowest BCUT2D eigenvalue weighted by Crippen LogP contribution is -2.37. The summed E-state index contributed by atoms with van der Waals surface area (Å²) in [6, 6.07) is 1.47. The lowest BCUT2D eigenvalue weighted by molar-refractivity contribution is 0.0742. The van der Waals surface area contributed by atoms with Crippen molar-refractivity contribution in [2.45, 2.75) is 12.5 Å². The van der Waals surface area contributed by atoms with E-state index in [1.54, 1.807) is 19.3 Å². The van der Waals surface area contributed by atoms with Crippen molar-refractivity contribution in [3.05, 3.63) is 22.4 Å². The molecule has 1 saturated heterocycles. The highest BCUT2D eigenvalue weighted by molar-refractivity contribution is 9.10. The molecule has 0 unspecified atom stereocenters. The van der Waals surface area contributed by atoms with Crippen LogP contribution in [0.15, 0.2) is 16.7 Å². The topological polar surface area (TPSA) is 70.2 Å². The predicted octanol–water partition coefficient (Wildman–Crippen LogP) is 1.04. The van der Waals surface area contributed by atoms with E-state index in [-0.39, 0.29) is 23.5 Å². The number of amides is 1. The van der Waals surface area contributed by atoms with Crippen LogP contribution < -0.4 is 0 Å². The maximum absolute atomic E-state index is 12.0. The summed E-state index contributed by atoms with van der Waals surface area (Å²) in [5.74, 6) is 0.0543. The predicted molar refractivity (Wildman–Crippen MR) is 67.6 cm³/mol. The zero-order valence-corrected chi connectivity index (χ0v) is 11.7. The van der Waals surface area contributed by atoms with E-state index in [9.17, 15) is 13.2 Å². The summed E-state index contributed by atoms with van der Waals surface area (Å²) < 4.78 is 23.5. The Hall–Kier alpha value is -0.820. The van der Waals surface area contributed by atoms with Gasteiger partial charge in [-0.3, -0.25) is 4.79 Å². The molecule has 0 bridgehead atoms. The van der Waals surface area contributed by atoms with Crippen molar-refractivity contribution in [3.8, 4) is 0 Å². The quantitative estimate of drug-likeness (QED) is 0.885. The highest BCUT2D eigenvalue weighted by atomic mass is 79.9. The number of halogens is 1. The molecule has 1 fully saturated rings. The van der Waals surface area contributed by atoms with E-state index in [1.807, 2.05) is 0 Å². The molecule has 7 heteroatoms. The number of sulfone groups is 1. The summed E-state index contributed by atoms with van der Waals surface area (Å²) in [5.41, 5.74) is 0.462. The third-order valence-electron chi connectivity index (χ3n) is 2.95. The van der Waals surface area contributed by atoms with E-state index in [0.717, 1.165) is 4.47 Å². The number of H-pyrrole nitrogens is 1. The van der Waals surface area contributed by atoms with Gasteiger partial charge < -0.3 is 9.88 Å². The SMILES string of the molecule is CN(C(=O)c1cc(Br)c[nH]1)[C@@H]1CCS(=O)(=O)C1. The van der Waals surface area contributed by atoms with E-state index in [2.05, 4.69) is 20.9 Å². The summed E-state index contributed by atoms with van der Waals surface area (Å²) >= 11 is 3.25. The van der Waals surface area contributed by atoms with E-state index in [4.69, 9.17) is 0 Å². The van der Waals surface area contributed by atoms with Gasteiger partial charge in [-0.05, 0) is 28.4 Å². The van der Waals surface area contributed by atoms with Crippen LogP contribution in [-0.4, -0.2) is 48.8 Å². The van der Waals surface area contributed by atoms with E-state index in [1.165, 1.54) is 4.90 Å². The Bertz CT molecular complexity index is 538. The first-order valence-corrected chi connectivity index (χ1v) is 7.82. The number of nitrogens with one attached hydrogen (secondary N) is 1. The van der Waals surface area contributed by atoms with Crippen LogP contribution in [-0.2, 0) is 9.84 Å². The molecule has 0 saturated carbocycles. The number of rotatable bonds is 2. The fourth-order valence-electron chi connectivity index (χ4n) is 1.93. The zero-order chi connectivity index (χ0) is 12.6. The third-order valence-corrected chi connectivity index (χ3v) is 5.16. The molecule has 1 aliphatic rings. The van der Waals surface area contributed by atoms with Crippen LogP contribution >= 0.6 is 15.9 Å². The highest BCUT2D eigenvalue weighted by Gasteiger charge is 2.33. The maximum atomic E-state index is 12.0. The molecule has 1 amide bonds. The molecule has 5 nitrogen and oxygen atoms in total. The van der Waals surface area contributed by atoms with Crippen LogP contribution in [0, 0.1) is 0 Å². The smallest absolute Gasteiger partial charge is 0.270 e. The molecule has 94 valence electrons. The third kappa shape index (κ3) is 2.71. The Balaban J connectivity index is 2.11. The van der Waals surface area contributed by atoms with Gasteiger partial charge in [-0.2, -0.15) is 0 Å². The van der Waals surface area contributed by atoms with Crippen LogP contribution in [0.1, 0.15) is 16.9 Å². The second kappa shape index (κ2) is 4.45. The van der Waals surface area contributed by atoms with Crippen molar-refractivity contribution < 1.29 is 13.2 Å². The van der Waals surface area contributed by atoms with Gasteiger partial charge in [0, 0.05) is 23.8 Å². The Kier molecular flexibility index (Phi) is 3.31. The van der Waals surface area contributed by atoms with Crippen molar-refractivity contribution in [2.75, 3.05) is 18.6 Å². The Morgan fingerprint density at radius 1 is 1.59 bits per heavy atom. The molecule has 17 heavy (non-hydrogen) atoms. The molecule has 1 aromatic heterocycles. The molecule has 2 rings (SSSR count). The summed E-state index contributed by atoms with van der Waals surface area (Å²) in [6.45, 7) is 0. The molecule has 0 spiro atoms. The van der Waals surface area contributed by atoms with Crippen molar-refractivity contribution >= 4 is 31.7 Å². The van der Waals surface area contributed by atoms with Crippen LogP contribution in [0.2, 0.25) is 0 Å². The van der Waals surface area contributed by atoms with Gasteiger partial charge in [-0.1, -0.05) is 0 Å². The molecule has 0 radical (unpaired) electrons. The average Bonchev–Trinajstić information content (AvgIpc) is 2.82. The minimum atomic E-state index is -2.96. The summed E-state index contributed by atoms with van der Waals surface area (Å²) in [5, 5.41) is 0. The fraction of sp³-hybridized carbons (Fsp3) is 0.500. The zero-order valence-electron chi connectivity index (χ0n) is 9.31. The van der Waals surface area contributed by atoms with Gasteiger partial charge in [-0.25, -0.2) is 8.42 Å². The standard InChI is InChI=1S/C10H13BrN2O3S/c1-13(8-2-3-17(15,16)6-8)10(14)9-4-7(11)5-12-9/h4-5,8,12H,2-3,6H2,1H3/t8-/m1/s1. The van der Waals surface area contributed by atoms with E-state index < -0.39 is 9.84 Å². The molecule has 1 atom stereocenters. The molecular formula is C10H13BrN2O3S. The van der Waals surface area contributed by atoms with Gasteiger partial charge >= 0.3 is 0 Å². The van der Waals surface area contributed by atoms with Gasteiger partial charge in [0.1, 0.15) is 5.69 Å². The maximum Gasteiger partial charge on any atom is 0.270 e. The Morgan fingerprint density at radius 3 is 2.76 bits per heavy atom. The van der Waals surface area contributed by atoms with Gasteiger partial charge in [0.2, 0.25) is 0 Å². The Morgan fingerprint density at radius 2 is 2.29 bits per heavy atom.